The molecular weight excluding hydrogens is 210 g/mol. The number of halogens is 1. The second-order valence-corrected chi connectivity index (χ2v) is 4.14. The number of aromatic nitrogens is 2. The molecular formula is C11H20ClN3. The summed E-state index contributed by atoms with van der Waals surface area (Å²) in [4.78, 5) is 0. The van der Waals surface area contributed by atoms with Crippen LogP contribution in [0.3, 0.4) is 0 Å². The summed E-state index contributed by atoms with van der Waals surface area (Å²) in [5.41, 5.74) is 1.10. The predicted octanol–water partition coefficient (Wildman–Crippen LogP) is 2.57. The fourth-order valence-electron chi connectivity index (χ4n) is 1.31. The van der Waals surface area contributed by atoms with Crippen molar-refractivity contribution in [1.29, 1.82) is 0 Å². The fourth-order valence-corrected chi connectivity index (χ4v) is 1.45. The van der Waals surface area contributed by atoms with Crippen molar-refractivity contribution >= 4 is 11.6 Å². The first-order valence-electron chi connectivity index (χ1n) is 5.58. The van der Waals surface area contributed by atoms with Gasteiger partial charge in [-0.1, -0.05) is 6.92 Å². The number of hydrogen-bond acceptors (Lipinski definition) is 2. The molecule has 0 spiro atoms. The first kappa shape index (κ1) is 12.5. The molecule has 0 bridgehead atoms. The molecule has 0 aliphatic rings. The van der Waals surface area contributed by atoms with E-state index in [-0.39, 0.29) is 0 Å². The van der Waals surface area contributed by atoms with Crippen LogP contribution in [-0.2, 0) is 6.54 Å². The SMILES string of the molecule is CCC(C)n1ccc(CNCCCCl)n1. The molecule has 0 amide bonds. The van der Waals surface area contributed by atoms with Crippen LogP contribution < -0.4 is 5.32 Å². The van der Waals surface area contributed by atoms with Crippen molar-refractivity contribution in [3.05, 3.63) is 18.0 Å². The highest BCUT2D eigenvalue weighted by Crippen LogP contribution is 2.08. The van der Waals surface area contributed by atoms with Gasteiger partial charge in [0.2, 0.25) is 0 Å². The number of nitrogens with zero attached hydrogens (tertiary/aromatic N) is 2. The van der Waals surface area contributed by atoms with Crippen LogP contribution in [0, 0.1) is 0 Å². The van der Waals surface area contributed by atoms with E-state index < -0.39 is 0 Å². The third-order valence-electron chi connectivity index (χ3n) is 2.50. The van der Waals surface area contributed by atoms with Crippen LogP contribution in [0.4, 0.5) is 0 Å². The molecule has 1 N–H and O–H groups in total. The first-order valence-corrected chi connectivity index (χ1v) is 6.12. The zero-order valence-electron chi connectivity index (χ0n) is 9.54. The van der Waals surface area contributed by atoms with Gasteiger partial charge in [-0.25, -0.2) is 0 Å². The molecule has 0 aliphatic carbocycles. The minimum atomic E-state index is 0.488. The van der Waals surface area contributed by atoms with Gasteiger partial charge in [0, 0.05) is 24.7 Å². The molecule has 0 saturated heterocycles. The summed E-state index contributed by atoms with van der Waals surface area (Å²) in [5.74, 6) is 0.717. The summed E-state index contributed by atoms with van der Waals surface area (Å²) in [6, 6.07) is 2.56. The Balaban J connectivity index is 2.33. The molecule has 1 aromatic heterocycles. The summed E-state index contributed by atoms with van der Waals surface area (Å²) < 4.78 is 2.03. The van der Waals surface area contributed by atoms with Crippen LogP contribution in [0.5, 0.6) is 0 Å². The average molecular weight is 230 g/mol. The van der Waals surface area contributed by atoms with Gasteiger partial charge < -0.3 is 5.32 Å². The number of nitrogens with one attached hydrogen (secondary N) is 1. The van der Waals surface area contributed by atoms with Gasteiger partial charge in [0.25, 0.3) is 0 Å². The van der Waals surface area contributed by atoms with E-state index in [2.05, 4.69) is 30.3 Å². The standard InChI is InChI=1S/C11H20ClN3/c1-3-10(2)15-8-5-11(14-15)9-13-7-4-6-12/h5,8,10,13H,3-4,6-7,9H2,1-2H3. The van der Waals surface area contributed by atoms with Crippen molar-refractivity contribution in [2.24, 2.45) is 0 Å². The maximum atomic E-state index is 5.59. The quantitative estimate of drug-likeness (QED) is 0.575. The van der Waals surface area contributed by atoms with Crippen molar-refractivity contribution in [1.82, 2.24) is 15.1 Å². The van der Waals surface area contributed by atoms with E-state index in [0.29, 0.717) is 11.9 Å². The van der Waals surface area contributed by atoms with E-state index in [1.807, 2.05) is 10.9 Å². The zero-order valence-corrected chi connectivity index (χ0v) is 10.3. The second-order valence-electron chi connectivity index (χ2n) is 3.76. The molecule has 0 radical (unpaired) electrons. The van der Waals surface area contributed by atoms with E-state index in [0.717, 1.165) is 31.6 Å². The Kier molecular flexibility index (Phi) is 5.73. The molecule has 0 aliphatic heterocycles. The van der Waals surface area contributed by atoms with Crippen molar-refractivity contribution in [2.45, 2.75) is 39.3 Å². The second kappa shape index (κ2) is 6.85. The van der Waals surface area contributed by atoms with Gasteiger partial charge in [-0.2, -0.15) is 5.10 Å². The molecule has 0 fully saturated rings. The molecule has 86 valence electrons. The largest absolute Gasteiger partial charge is 0.311 e. The Hall–Kier alpha value is -0.540. The number of rotatable bonds is 7. The van der Waals surface area contributed by atoms with Crippen LogP contribution in [0.1, 0.15) is 38.4 Å². The molecule has 1 atom stereocenters. The summed E-state index contributed by atoms with van der Waals surface area (Å²) in [5, 5.41) is 7.81. The van der Waals surface area contributed by atoms with E-state index in [1.165, 1.54) is 0 Å². The van der Waals surface area contributed by atoms with Crippen molar-refractivity contribution in [3.63, 3.8) is 0 Å². The van der Waals surface area contributed by atoms with Gasteiger partial charge in [0.05, 0.1) is 5.69 Å². The Labute approximate surface area is 96.8 Å². The fraction of sp³-hybridized carbons (Fsp3) is 0.727. The smallest absolute Gasteiger partial charge is 0.0762 e. The Bertz CT molecular complexity index is 273. The van der Waals surface area contributed by atoms with Gasteiger partial charge in [0.15, 0.2) is 0 Å². The van der Waals surface area contributed by atoms with Crippen LogP contribution in [0.15, 0.2) is 12.3 Å². The highest BCUT2D eigenvalue weighted by molar-refractivity contribution is 6.17. The third-order valence-corrected chi connectivity index (χ3v) is 2.77. The van der Waals surface area contributed by atoms with E-state index in [4.69, 9.17) is 11.6 Å². The molecule has 1 aromatic rings. The molecule has 0 aromatic carbocycles. The first-order chi connectivity index (χ1) is 7.27. The maximum absolute atomic E-state index is 5.59. The van der Waals surface area contributed by atoms with E-state index in [1.54, 1.807) is 0 Å². The lowest BCUT2D eigenvalue weighted by Gasteiger charge is -2.08. The zero-order chi connectivity index (χ0) is 11.1. The Morgan fingerprint density at radius 3 is 3.07 bits per heavy atom. The molecule has 1 heterocycles. The van der Waals surface area contributed by atoms with Crippen molar-refractivity contribution < 1.29 is 0 Å². The molecule has 15 heavy (non-hydrogen) atoms. The summed E-state index contributed by atoms with van der Waals surface area (Å²) in [6.45, 7) is 6.14. The third kappa shape index (κ3) is 4.22. The van der Waals surface area contributed by atoms with Crippen LogP contribution in [0.2, 0.25) is 0 Å². The summed E-state index contributed by atoms with van der Waals surface area (Å²) in [6.07, 6.45) is 4.17. The van der Waals surface area contributed by atoms with E-state index >= 15 is 0 Å². The van der Waals surface area contributed by atoms with Gasteiger partial charge in [0.1, 0.15) is 0 Å². The van der Waals surface area contributed by atoms with Gasteiger partial charge in [-0.05, 0) is 32.4 Å². The van der Waals surface area contributed by atoms with E-state index in [9.17, 15) is 0 Å². The van der Waals surface area contributed by atoms with Gasteiger partial charge >= 0.3 is 0 Å². The lowest BCUT2D eigenvalue weighted by Crippen LogP contribution is -2.16. The van der Waals surface area contributed by atoms with Crippen molar-refractivity contribution in [3.8, 4) is 0 Å². The molecule has 4 heteroatoms. The van der Waals surface area contributed by atoms with Crippen LogP contribution in [0.25, 0.3) is 0 Å². The summed E-state index contributed by atoms with van der Waals surface area (Å²) >= 11 is 5.59. The topological polar surface area (TPSA) is 29.9 Å². The minimum absolute atomic E-state index is 0.488. The lowest BCUT2D eigenvalue weighted by molar-refractivity contribution is 0.471. The molecule has 1 rings (SSSR count). The number of alkyl halides is 1. The summed E-state index contributed by atoms with van der Waals surface area (Å²) in [7, 11) is 0. The average Bonchev–Trinajstić information content (AvgIpc) is 2.72. The minimum Gasteiger partial charge on any atom is -0.311 e. The molecule has 0 saturated carbocycles. The molecule has 3 nitrogen and oxygen atoms in total. The number of hydrogen-bond donors (Lipinski definition) is 1. The van der Waals surface area contributed by atoms with Crippen molar-refractivity contribution in [2.75, 3.05) is 12.4 Å². The Morgan fingerprint density at radius 2 is 2.40 bits per heavy atom. The lowest BCUT2D eigenvalue weighted by atomic mass is 10.3. The van der Waals surface area contributed by atoms with Gasteiger partial charge in [-0.3, -0.25) is 4.68 Å². The predicted molar refractivity (Wildman–Crippen MR) is 64.3 cm³/mol. The highest BCUT2D eigenvalue weighted by atomic mass is 35.5. The van der Waals surface area contributed by atoms with Gasteiger partial charge in [-0.15, -0.1) is 11.6 Å². The monoisotopic (exact) mass is 229 g/mol. The normalized spacial score (nSPS) is 13.0. The Morgan fingerprint density at radius 1 is 1.60 bits per heavy atom. The van der Waals surface area contributed by atoms with Crippen LogP contribution in [-0.4, -0.2) is 22.2 Å². The highest BCUT2D eigenvalue weighted by Gasteiger charge is 2.03. The maximum Gasteiger partial charge on any atom is 0.0762 e. The molecule has 1 unspecified atom stereocenters. The van der Waals surface area contributed by atoms with Crippen LogP contribution >= 0.6 is 11.6 Å².